The highest BCUT2D eigenvalue weighted by molar-refractivity contribution is 14.0. The highest BCUT2D eigenvalue weighted by atomic mass is 127. The lowest BCUT2D eigenvalue weighted by Crippen LogP contribution is -2.41. The average molecular weight is 515 g/mol. The van der Waals surface area contributed by atoms with Crippen LogP contribution >= 0.6 is 24.0 Å². The zero-order valence-electron chi connectivity index (χ0n) is 18.2. The van der Waals surface area contributed by atoms with Crippen molar-refractivity contribution in [3.63, 3.8) is 0 Å². The predicted molar refractivity (Wildman–Crippen MR) is 132 cm³/mol. The molecule has 0 aliphatic carbocycles. The van der Waals surface area contributed by atoms with E-state index in [0.29, 0.717) is 24.7 Å². The standard InChI is InChI=1S/C22H37N5O.HI/c1-4-23-21(28)20-12-8-11-19(16-20)17-26-22(24-5-2)25-13-9-15-27-14-7-6-10-18(27)3;/h8,11-12,16,18H,4-7,9-10,13-15,17H2,1-3H3,(H,23,28)(H2,24,25,26);1H. The van der Waals surface area contributed by atoms with Crippen LogP contribution in [0.25, 0.3) is 0 Å². The van der Waals surface area contributed by atoms with Gasteiger partial charge in [0, 0.05) is 37.8 Å². The van der Waals surface area contributed by atoms with Crippen molar-refractivity contribution in [3.8, 4) is 0 Å². The number of amides is 1. The van der Waals surface area contributed by atoms with Gasteiger partial charge in [-0.2, -0.15) is 0 Å². The van der Waals surface area contributed by atoms with Gasteiger partial charge in [0.15, 0.2) is 5.96 Å². The number of hydrogen-bond acceptors (Lipinski definition) is 3. The van der Waals surface area contributed by atoms with Crippen molar-refractivity contribution in [1.29, 1.82) is 0 Å². The quantitative estimate of drug-likeness (QED) is 0.204. The van der Waals surface area contributed by atoms with Crippen LogP contribution in [0.1, 0.15) is 62.4 Å². The summed E-state index contributed by atoms with van der Waals surface area (Å²) in [5.41, 5.74) is 1.71. The summed E-state index contributed by atoms with van der Waals surface area (Å²) in [6.45, 7) is 11.6. The van der Waals surface area contributed by atoms with Crippen LogP contribution in [0.15, 0.2) is 29.3 Å². The molecule has 164 valence electrons. The normalized spacial score (nSPS) is 17.3. The number of rotatable bonds is 9. The van der Waals surface area contributed by atoms with Gasteiger partial charge in [0.25, 0.3) is 5.91 Å². The second-order valence-corrected chi connectivity index (χ2v) is 7.42. The average Bonchev–Trinajstić information content (AvgIpc) is 2.71. The highest BCUT2D eigenvalue weighted by Gasteiger charge is 2.17. The molecule has 1 aliphatic heterocycles. The molecular formula is C22H38IN5O. The molecule has 0 bridgehead atoms. The number of likely N-dealkylation sites (tertiary alicyclic amines) is 1. The Morgan fingerprint density at radius 3 is 2.69 bits per heavy atom. The molecule has 1 aliphatic rings. The fourth-order valence-electron chi connectivity index (χ4n) is 3.56. The third-order valence-electron chi connectivity index (χ3n) is 5.15. The summed E-state index contributed by atoms with van der Waals surface area (Å²) in [7, 11) is 0. The van der Waals surface area contributed by atoms with Gasteiger partial charge >= 0.3 is 0 Å². The van der Waals surface area contributed by atoms with E-state index in [1.54, 1.807) is 0 Å². The molecule has 6 nitrogen and oxygen atoms in total. The van der Waals surface area contributed by atoms with Gasteiger partial charge in [0.05, 0.1) is 6.54 Å². The molecule has 1 aromatic rings. The van der Waals surface area contributed by atoms with Crippen molar-refractivity contribution in [1.82, 2.24) is 20.9 Å². The minimum Gasteiger partial charge on any atom is -0.357 e. The third-order valence-corrected chi connectivity index (χ3v) is 5.15. The predicted octanol–water partition coefficient (Wildman–Crippen LogP) is 3.37. The van der Waals surface area contributed by atoms with Crippen molar-refractivity contribution in [2.24, 2.45) is 4.99 Å². The van der Waals surface area contributed by atoms with Crippen molar-refractivity contribution in [3.05, 3.63) is 35.4 Å². The number of benzene rings is 1. The lowest BCUT2D eigenvalue weighted by atomic mass is 10.0. The molecule has 1 unspecified atom stereocenters. The molecule has 0 saturated carbocycles. The monoisotopic (exact) mass is 515 g/mol. The molecule has 1 heterocycles. The Kier molecular flexibility index (Phi) is 12.9. The molecule has 0 spiro atoms. The van der Waals surface area contributed by atoms with Gasteiger partial charge in [-0.05, 0) is 64.3 Å². The second-order valence-electron chi connectivity index (χ2n) is 7.42. The molecule has 1 aromatic carbocycles. The van der Waals surface area contributed by atoms with Crippen LogP contribution in [-0.2, 0) is 6.54 Å². The van der Waals surface area contributed by atoms with Crippen molar-refractivity contribution < 1.29 is 4.79 Å². The van der Waals surface area contributed by atoms with E-state index >= 15 is 0 Å². The lowest BCUT2D eigenvalue weighted by Gasteiger charge is -2.33. The molecule has 0 radical (unpaired) electrons. The Morgan fingerprint density at radius 2 is 1.97 bits per heavy atom. The van der Waals surface area contributed by atoms with Crippen molar-refractivity contribution in [2.75, 3.05) is 32.7 Å². The van der Waals surface area contributed by atoms with E-state index < -0.39 is 0 Å². The maximum Gasteiger partial charge on any atom is 0.251 e. The summed E-state index contributed by atoms with van der Waals surface area (Å²) in [5, 5.41) is 9.57. The number of guanidine groups is 1. The van der Waals surface area contributed by atoms with Gasteiger partial charge in [0.1, 0.15) is 0 Å². The molecular weight excluding hydrogens is 477 g/mol. The summed E-state index contributed by atoms with van der Waals surface area (Å²) in [6, 6.07) is 8.38. The third kappa shape index (κ3) is 9.33. The van der Waals surface area contributed by atoms with Gasteiger partial charge in [-0.1, -0.05) is 18.6 Å². The van der Waals surface area contributed by atoms with Crippen LogP contribution < -0.4 is 16.0 Å². The molecule has 1 amide bonds. The van der Waals surface area contributed by atoms with E-state index in [-0.39, 0.29) is 29.9 Å². The number of carbonyl (C=O) groups excluding carboxylic acids is 1. The van der Waals surface area contributed by atoms with Gasteiger partial charge in [-0.3, -0.25) is 4.79 Å². The van der Waals surface area contributed by atoms with Crippen LogP contribution in [-0.4, -0.2) is 55.5 Å². The van der Waals surface area contributed by atoms with Crippen LogP contribution in [0, 0.1) is 0 Å². The fourth-order valence-corrected chi connectivity index (χ4v) is 3.56. The molecule has 1 saturated heterocycles. The molecule has 0 aromatic heterocycles. The number of nitrogens with zero attached hydrogens (tertiary/aromatic N) is 2. The molecule has 2 rings (SSSR count). The molecule has 1 atom stereocenters. The van der Waals surface area contributed by atoms with E-state index in [0.717, 1.165) is 37.6 Å². The maximum atomic E-state index is 12.0. The van der Waals surface area contributed by atoms with Crippen molar-refractivity contribution in [2.45, 2.75) is 59.0 Å². The Hall–Kier alpha value is -1.35. The lowest BCUT2D eigenvalue weighted by molar-refractivity contribution is 0.0955. The maximum absolute atomic E-state index is 12.0. The summed E-state index contributed by atoms with van der Waals surface area (Å²) >= 11 is 0. The molecule has 1 fully saturated rings. The van der Waals surface area contributed by atoms with Crippen LogP contribution in [0.5, 0.6) is 0 Å². The molecule has 29 heavy (non-hydrogen) atoms. The first kappa shape index (κ1) is 25.7. The fraction of sp³-hybridized carbons (Fsp3) is 0.636. The summed E-state index contributed by atoms with van der Waals surface area (Å²) in [5.74, 6) is 0.794. The van der Waals surface area contributed by atoms with E-state index in [1.165, 1.54) is 25.8 Å². The van der Waals surface area contributed by atoms with E-state index in [2.05, 4.69) is 39.7 Å². The van der Waals surface area contributed by atoms with Crippen LogP contribution in [0.4, 0.5) is 0 Å². The second kappa shape index (κ2) is 14.6. The Balaban J connectivity index is 0.00000420. The molecule has 7 heteroatoms. The van der Waals surface area contributed by atoms with Crippen LogP contribution in [0.2, 0.25) is 0 Å². The van der Waals surface area contributed by atoms with Gasteiger partial charge in [0.2, 0.25) is 0 Å². The molecule has 3 N–H and O–H groups in total. The number of carbonyl (C=O) groups is 1. The summed E-state index contributed by atoms with van der Waals surface area (Å²) in [4.78, 5) is 19.3. The smallest absolute Gasteiger partial charge is 0.251 e. The van der Waals surface area contributed by atoms with Crippen molar-refractivity contribution >= 4 is 35.8 Å². The van der Waals surface area contributed by atoms with E-state index in [9.17, 15) is 4.79 Å². The zero-order chi connectivity index (χ0) is 20.2. The summed E-state index contributed by atoms with van der Waals surface area (Å²) < 4.78 is 0. The van der Waals surface area contributed by atoms with E-state index in [4.69, 9.17) is 0 Å². The zero-order valence-corrected chi connectivity index (χ0v) is 20.5. The largest absolute Gasteiger partial charge is 0.357 e. The summed E-state index contributed by atoms with van der Waals surface area (Å²) in [6.07, 6.45) is 5.14. The highest BCUT2D eigenvalue weighted by Crippen LogP contribution is 2.16. The number of hydrogen-bond donors (Lipinski definition) is 3. The minimum absolute atomic E-state index is 0. The number of nitrogens with one attached hydrogen (secondary N) is 3. The number of piperidine rings is 1. The first-order valence-electron chi connectivity index (χ1n) is 10.8. The topological polar surface area (TPSA) is 68.8 Å². The van der Waals surface area contributed by atoms with E-state index in [1.807, 2.05) is 31.2 Å². The van der Waals surface area contributed by atoms with Crippen LogP contribution in [0.3, 0.4) is 0 Å². The Labute approximate surface area is 193 Å². The Morgan fingerprint density at radius 1 is 1.17 bits per heavy atom. The minimum atomic E-state index is -0.0368. The van der Waals surface area contributed by atoms with Gasteiger partial charge in [-0.25, -0.2) is 4.99 Å². The number of halogens is 1. The van der Waals surface area contributed by atoms with Gasteiger partial charge in [-0.15, -0.1) is 24.0 Å². The van der Waals surface area contributed by atoms with Gasteiger partial charge < -0.3 is 20.9 Å². The number of aliphatic imine (C=N–C) groups is 1. The first-order valence-corrected chi connectivity index (χ1v) is 10.8. The SMILES string of the molecule is CCNC(=O)c1cccc(CN=C(NCC)NCCCN2CCCCC2C)c1.I. The first-order chi connectivity index (χ1) is 13.6. The Bertz CT molecular complexity index is 637.